The summed E-state index contributed by atoms with van der Waals surface area (Å²) in [5.74, 6) is 1.63. The molecule has 2 rings (SSSR count). The lowest BCUT2D eigenvalue weighted by Crippen LogP contribution is -2.17. The number of nitrogen functional groups attached to an aromatic ring is 2. The summed E-state index contributed by atoms with van der Waals surface area (Å²) in [5.41, 5.74) is 16.1. The lowest BCUT2D eigenvalue weighted by molar-refractivity contribution is 0.344. The van der Waals surface area contributed by atoms with Gasteiger partial charge in [0.15, 0.2) is 0 Å². The predicted molar refractivity (Wildman–Crippen MR) is 106 cm³/mol. The van der Waals surface area contributed by atoms with Crippen molar-refractivity contribution in [3.63, 3.8) is 0 Å². The molecule has 0 heterocycles. The quantitative estimate of drug-likeness (QED) is 0.465. The second-order valence-electron chi connectivity index (χ2n) is 7.07. The largest absolute Gasteiger partial charge is 0.399 e. The van der Waals surface area contributed by atoms with Gasteiger partial charge in [-0.15, -0.1) is 0 Å². The molecular formula is C22H32N2. The lowest BCUT2D eigenvalue weighted by atomic mass is 9.74. The lowest BCUT2D eigenvalue weighted by Gasteiger charge is -2.31. The minimum atomic E-state index is 0.509. The Balaban J connectivity index is 2.22. The van der Waals surface area contributed by atoms with Crippen LogP contribution in [0.3, 0.4) is 0 Å². The average Bonchev–Trinajstić information content (AvgIpc) is 2.59. The molecule has 24 heavy (non-hydrogen) atoms. The molecule has 2 nitrogen and oxygen atoms in total. The van der Waals surface area contributed by atoms with Crippen molar-refractivity contribution in [2.45, 2.75) is 58.3 Å². The van der Waals surface area contributed by atoms with Gasteiger partial charge in [0.2, 0.25) is 0 Å². The Kier molecular flexibility index (Phi) is 6.72. The fourth-order valence-corrected chi connectivity index (χ4v) is 3.66. The van der Waals surface area contributed by atoms with E-state index in [4.69, 9.17) is 11.5 Å². The van der Waals surface area contributed by atoms with E-state index in [0.717, 1.165) is 11.4 Å². The smallest absolute Gasteiger partial charge is 0.0314 e. The Morgan fingerprint density at radius 3 is 1.50 bits per heavy atom. The van der Waals surface area contributed by atoms with Crippen molar-refractivity contribution >= 4 is 11.4 Å². The maximum Gasteiger partial charge on any atom is 0.0314 e. The molecule has 0 radical (unpaired) electrons. The first-order chi connectivity index (χ1) is 11.5. The Morgan fingerprint density at radius 2 is 1.12 bits per heavy atom. The Morgan fingerprint density at radius 1 is 0.708 bits per heavy atom. The number of unbranched alkanes of at least 4 members (excludes halogenated alkanes) is 2. The van der Waals surface area contributed by atoms with Crippen LogP contribution in [0.4, 0.5) is 11.4 Å². The summed E-state index contributed by atoms with van der Waals surface area (Å²) < 4.78 is 0. The van der Waals surface area contributed by atoms with Gasteiger partial charge in [-0.25, -0.2) is 0 Å². The first kappa shape index (κ1) is 18.4. The van der Waals surface area contributed by atoms with Crippen LogP contribution in [0.15, 0.2) is 48.5 Å². The van der Waals surface area contributed by atoms with E-state index in [1.165, 1.54) is 36.8 Å². The third-order valence-electron chi connectivity index (χ3n) is 5.35. The maximum atomic E-state index is 5.85. The average molecular weight is 325 g/mol. The summed E-state index contributed by atoms with van der Waals surface area (Å²) in [5, 5.41) is 0. The van der Waals surface area contributed by atoms with Crippen LogP contribution in [0.25, 0.3) is 0 Å². The Bertz CT molecular complexity index is 549. The zero-order chi connectivity index (χ0) is 17.5. The third kappa shape index (κ3) is 4.77. The molecule has 4 N–H and O–H groups in total. The van der Waals surface area contributed by atoms with E-state index in [1.807, 2.05) is 24.3 Å². The molecule has 0 fully saturated rings. The van der Waals surface area contributed by atoms with Gasteiger partial charge in [0, 0.05) is 11.4 Å². The van der Waals surface area contributed by atoms with E-state index >= 15 is 0 Å². The number of anilines is 2. The van der Waals surface area contributed by atoms with Gasteiger partial charge in [-0.05, 0) is 59.6 Å². The summed E-state index contributed by atoms with van der Waals surface area (Å²) in [4.78, 5) is 0. The number of benzene rings is 2. The van der Waals surface area contributed by atoms with Crippen molar-refractivity contribution in [2.24, 2.45) is 5.92 Å². The van der Waals surface area contributed by atoms with E-state index < -0.39 is 0 Å². The highest BCUT2D eigenvalue weighted by Gasteiger charge is 2.25. The minimum Gasteiger partial charge on any atom is -0.399 e. The predicted octanol–water partition coefficient (Wildman–Crippen LogP) is 5.95. The van der Waals surface area contributed by atoms with Gasteiger partial charge in [-0.2, -0.15) is 0 Å². The van der Waals surface area contributed by atoms with E-state index in [9.17, 15) is 0 Å². The first-order valence-electron chi connectivity index (χ1n) is 9.23. The highest BCUT2D eigenvalue weighted by molar-refractivity contribution is 5.42. The third-order valence-corrected chi connectivity index (χ3v) is 5.35. The van der Waals surface area contributed by atoms with Crippen LogP contribution in [0.1, 0.15) is 69.4 Å². The molecule has 0 amide bonds. The summed E-state index contributed by atoms with van der Waals surface area (Å²) in [6, 6.07) is 16.8. The second-order valence-corrected chi connectivity index (χ2v) is 7.07. The molecule has 0 aliphatic heterocycles. The molecule has 2 unspecified atom stereocenters. The standard InChI is InChI=1S/C22H32N2/c1-4-5-6-7-22(16(2)18-8-12-20(23)13-9-18)17(3)19-10-14-21(24)15-11-19/h8-17,22H,4-7,23-24H2,1-3H3. The number of hydrogen-bond donors (Lipinski definition) is 2. The van der Waals surface area contributed by atoms with Crippen LogP contribution in [-0.4, -0.2) is 0 Å². The minimum absolute atomic E-state index is 0.509. The summed E-state index contributed by atoms with van der Waals surface area (Å²) in [7, 11) is 0. The molecular weight excluding hydrogens is 292 g/mol. The molecule has 0 saturated carbocycles. The number of rotatable bonds is 8. The normalized spacial score (nSPS) is 15.0. The van der Waals surface area contributed by atoms with Gasteiger partial charge in [-0.3, -0.25) is 0 Å². The van der Waals surface area contributed by atoms with Crippen LogP contribution in [0, 0.1) is 5.92 Å². The van der Waals surface area contributed by atoms with Crippen LogP contribution >= 0.6 is 0 Å². The highest BCUT2D eigenvalue weighted by Crippen LogP contribution is 2.39. The van der Waals surface area contributed by atoms with Crippen molar-refractivity contribution in [1.29, 1.82) is 0 Å². The topological polar surface area (TPSA) is 52.0 Å². The summed E-state index contributed by atoms with van der Waals surface area (Å²) in [6.07, 6.45) is 5.11. The maximum absolute atomic E-state index is 5.85. The van der Waals surface area contributed by atoms with Gasteiger partial charge in [0.25, 0.3) is 0 Å². The molecule has 2 heteroatoms. The highest BCUT2D eigenvalue weighted by atomic mass is 14.5. The molecule has 130 valence electrons. The molecule has 0 saturated heterocycles. The van der Waals surface area contributed by atoms with Crippen molar-refractivity contribution < 1.29 is 0 Å². The molecule has 0 aliphatic carbocycles. The van der Waals surface area contributed by atoms with Crippen molar-refractivity contribution in [2.75, 3.05) is 11.5 Å². The fourth-order valence-electron chi connectivity index (χ4n) is 3.66. The van der Waals surface area contributed by atoms with Gasteiger partial charge >= 0.3 is 0 Å². The van der Waals surface area contributed by atoms with Crippen molar-refractivity contribution in [3.05, 3.63) is 59.7 Å². The zero-order valence-corrected chi connectivity index (χ0v) is 15.3. The molecule has 2 atom stereocenters. The van der Waals surface area contributed by atoms with Gasteiger partial charge < -0.3 is 11.5 Å². The molecule has 2 aromatic carbocycles. The Hall–Kier alpha value is -1.96. The van der Waals surface area contributed by atoms with Crippen LogP contribution in [-0.2, 0) is 0 Å². The van der Waals surface area contributed by atoms with Gasteiger partial charge in [0.1, 0.15) is 0 Å². The summed E-state index contributed by atoms with van der Waals surface area (Å²) in [6.45, 7) is 6.98. The SMILES string of the molecule is CCCCCC(C(C)c1ccc(N)cc1)C(C)c1ccc(N)cc1. The number of hydrogen-bond acceptors (Lipinski definition) is 2. The molecule has 0 spiro atoms. The van der Waals surface area contributed by atoms with E-state index in [1.54, 1.807) is 0 Å². The van der Waals surface area contributed by atoms with Crippen molar-refractivity contribution in [1.82, 2.24) is 0 Å². The van der Waals surface area contributed by atoms with Crippen LogP contribution in [0.5, 0.6) is 0 Å². The first-order valence-corrected chi connectivity index (χ1v) is 9.23. The van der Waals surface area contributed by atoms with Gasteiger partial charge in [0.05, 0.1) is 0 Å². The monoisotopic (exact) mass is 324 g/mol. The van der Waals surface area contributed by atoms with Gasteiger partial charge in [-0.1, -0.05) is 64.3 Å². The second kappa shape index (κ2) is 8.77. The van der Waals surface area contributed by atoms with E-state index in [0.29, 0.717) is 17.8 Å². The summed E-state index contributed by atoms with van der Waals surface area (Å²) >= 11 is 0. The van der Waals surface area contributed by atoms with Crippen LogP contribution in [0.2, 0.25) is 0 Å². The Labute approximate surface area is 147 Å². The molecule has 0 aliphatic rings. The van der Waals surface area contributed by atoms with E-state index in [-0.39, 0.29) is 0 Å². The van der Waals surface area contributed by atoms with Crippen molar-refractivity contribution in [3.8, 4) is 0 Å². The van der Waals surface area contributed by atoms with E-state index in [2.05, 4.69) is 45.0 Å². The molecule has 2 aromatic rings. The molecule has 0 aromatic heterocycles. The number of nitrogens with two attached hydrogens (primary N) is 2. The van der Waals surface area contributed by atoms with Crippen LogP contribution < -0.4 is 11.5 Å². The zero-order valence-electron chi connectivity index (χ0n) is 15.3. The molecule has 0 bridgehead atoms. The fraction of sp³-hybridized carbons (Fsp3) is 0.455.